The second kappa shape index (κ2) is 6.49. The number of esters is 1. The summed E-state index contributed by atoms with van der Waals surface area (Å²) in [6.45, 7) is 0. The third-order valence-corrected chi connectivity index (χ3v) is 2.62. The van der Waals surface area contributed by atoms with E-state index in [0.29, 0.717) is 0 Å². The maximum absolute atomic E-state index is 13.0. The number of hydrogen-bond acceptors (Lipinski definition) is 4. The van der Waals surface area contributed by atoms with Gasteiger partial charge >= 0.3 is 5.97 Å². The van der Waals surface area contributed by atoms with Crippen LogP contribution in [0.5, 0.6) is 5.75 Å². The standard InChI is InChI=1S/C11H12ClF2NO3/c1-17-8(16)3-7-10(18-2)9(11(13)14)6(4-12)5-15-7/h5,11H,3-4H2,1-2H3. The Kier molecular flexibility index (Phi) is 5.27. The van der Waals surface area contributed by atoms with Crippen LogP contribution in [0.25, 0.3) is 0 Å². The Labute approximate surface area is 108 Å². The van der Waals surface area contributed by atoms with Crippen molar-refractivity contribution in [2.24, 2.45) is 0 Å². The number of alkyl halides is 3. The van der Waals surface area contributed by atoms with Crippen LogP contribution in [0.3, 0.4) is 0 Å². The molecule has 0 N–H and O–H groups in total. The van der Waals surface area contributed by atoms with Crippen molar-refractivity contribution >= 4 is 17.6 Å². The molecule has 0 fully saturated rings. The molecule has 0 aliphatic carbocycles. The van der Waals surface area contributed by atoms with E-state index in [1.807, 2.05) is 0 Å². The molecule has 0 aliphatic heterocycles. The van der Waals surface area contributed by atoms with Crippen molar-refractivity contribution < 1.29 is 23.0 Å². The smallest absolute Gasteiger partial charge is 0.311 e. The van der Waals surface area contributed by atoms with Crippen LogP contribution in [0, 0.1) is 0 Å². The van der Waals surface area contributed by atoms with E-state index in [4.69, 9.17) is 16.3 Å². The highest BCUT2D eigenvalue weighted by Crippen LogP contribution is 2.35. The number of halogens is 3. The molecule has 0 bridgehead atoms. The van der Waals surface area contributed by atoms with Crippen molar-refractivity contribution in [3.05, 3.63) is 23.0 Å². The van der Waals surface area contributed by atoms with Crippen LogP contribution in [0.4, 0.5) is 8.78 Å². The Morgan fingerprint density at radius 2 is 2.17 bits per heavy atom. The predicted octanol–water partition coefficient (Wildman–Crippen LogP) is 2.48. The number of hydrogen-bond donors (Lipinski definition) is 0. The van der Waals surface area contributed by atoms with E-state index in [-0.39, 0.29) is 34.9 Å². The van der Waals surface area contributed by atoms with Gasteiger partial charge in [-0.2, -0.15) is 0 Å². The first kappa shape index (κ1) is 14.6. The van der Waals surface area contributed by atoms with Crippen LogP contribution >= 0.6 is 11.6 Å². The number of methoxy groups -OCH3 is 2. The Morgan fingerprint density at radius 3 is 2.61 bits per heavy atom. The van der Waals surface area contributed by atoms with Crippen LogP contribution in [0.2, 0.25) is 0 Å². The SMILES string of the molecule is COC(=O)Cc1ncc(CCl)c(C(F)F)c1OC. The molecule has 1 aromatic rings. The molecule has 100 valence electrons. The minimum absolute atomic E-state index is 0.105. The number of pyridine rings is 1. The summed E-state index contributed by atoms with van der Waals surface area (Å²) in [6, 6.07) is 0. The zero-order valence-electron chi connectivity index (χ0n) is 9.87. The zero-order valence-corrected chi connectivity index (χ0v) is 10.6. The van der Waals surface area contributed by atoms with Crippen LogP contribution in [0.15, 0.2) is 6.20 Å². The van der Waals surface area contributed by atoms with Crippen molar-refractivity contribution in [2.75, 3.05) is 14.2 Å². The number of carbonyl (C=O) groups is 1. The minimum atomic E-state index is -2.76. The molecule has 0 saturated carbocycles. The van der Waals surface area contributed by atoms with Gasteiger partial charge in [0.1, 0.15) is 5.75 Å². The lowest BCUT2D eigenvalue weighted by Gasteiger charge is -2.14. The number of nitrogens with zero attached hydrogens (tertiary/aromatic N) is 1. The van der Waals surface area contributed by atoms with Gasteiger partial charge in [-0.25, -0.2) is 8.78 Å². The molecule has 0 aliphatic rings. The van der Waals surface area contributed by atoms with Gasteiger partial charge in [0, 0.05) is 12.1 Å². The highest BCUT2D eigenvalue weighted by Gasteiger charge is 2.23. The van der Waals surface area contributed by atoms with Gasteiger partial charge < -0.3 is 9.47 Å². The molecule has 4 nitrogen and oxygen atoms in total. The molecule has 1 aromatic heterocycles. The third-order valence-electron chi connectivity index (χ3n) is 2.33. The molecule has 1 heterocycles. The average molecular weight is 280 g/mol. The first-order chi connectivity index (χ1) is 8.54. The molecule has 18 heavy (non-hydrogen) atoms. The third kappa shape index (κ3) is 3.07. The first-order valence-corrected chi connectivity index (χ1v) is 5.54. The van der Waals surface area contributed by atoms with E-state index in [1.54, 1.807) is 0 Å². The number of rotatable bonds is 5. The average Bonchev–Trinajstić information content (AvgIpc) is 2.37. The highest BCUT2D eigenvalue weighted by atomic mass is 35.5. The molecular weight excluding hydrogens is 268 g/mol. The number of ether oxygens (including phenoxy) is 2. The van der Waals surface area contributed by atoms with Crippen LogP contribution < -0.4 is 4.74 Å². The normalized spacial score (nSPS) is 10.6. The van der Waals surface area contributed by atoms with E-state index < -0.39 is 12.4 Å². The lowest BCUT2D eigenvalue weighted by Crippen LogP contribution is -2.10. The fourth-order valence-electron chi connectivity index (χ4n) is 1.49. The van der Waals surface area contributed by atoms with Crippen LogP contribution in [-0.4, -0.2) is 25.2 Å². The fourth-order valence-corrected chi connectivity index (χ4v) is 1.71. The molecule has 0 unspecified atom stereocenters. The Balaban J connectivity index is 3.28. The van der Waals surface area contributed by atoms with Crippen LogP contribution in [-0.2, 0) is 21.8 Å². The predicted molar refractivity (Wildman–Crippen MR) is 61.0 cm³/mol. The second-order valence-corrected chi connectivity index (χ2v) is 3.63. The summed E-state index contributed by atoms with van der Waals surface area (Å²) in [5.41, 5.74) is -0.0490. The Bertz CT molecular complexity index is 441. The first-order valence-electron chi connectivity index (χ1n) is 5.00. The maximum atomic E-state index is 13.0. The van der Waals surface area contributed by atoms with Gasteiger partial charge in [-0.1, -0.05) is 0 Å². The summed E-state index contributed by atoms with van der Waals surface area (Å²) < 4.78 is 35.3. The maximum Gasteiger partial charge on any atom is 0.311 e. The number of carbonyl (C=O) groups excluding carboxylic acids is 1. The van der Waals surface area contributed by atoms with Gasteiger partial charge in [-0.15, -0.1) is 11.6 Å². The van der Waals surface area contributed by atoms with Crippen molar-refractivity contribution in [1.82, 2.24) is 4.98 Å². The summed E-state index contributed by atoms with van der Waals surface area (Å²) in [4.78, 5) is 15.1. The molecule has 0 amide bonds. The quantitative estimate of drug-likeness (QED) is 0.614. The fraction of sp³-hybridized carbons (Fsp3) is 0.455. The summed E-state index contributed by atoms with van der Waals surface area (Å²) in [7, 11) is 2.44. The minimum Gasteiger partial charge on any atom is -0.494 e. The molecule has 0 aromatic carbocycles. The molecule has 0 atom stereocenters. The highest BCUT2D eigenvalue weighted by molar-refractivity contribution is 6.17. The monoisotopic (exact) mass is 279 g/mol. The van der Waals surface area contributed by atoms with E-state index in [0.717, 1.165) is 0 Å². The molecule has 0 spiro atoms. The van der Waals surface area contributed by atoms with Crippen molar-refractivity contribution in [3.8, 4) is 5.75 Å². The summed E-state index contributed by atoms with van der Waals surface area (Å²) >= 11 is 5.57. The topological polar surface area (TPSA) is 48.4 Å². The summed E-state index contributed by atoms with van der Waals surface area (Å²) in [6.07, 6.45) is -1.77. The van der Waals surface area contributed by atoms with Crippen molar-refractivity contribution in [2.45, 2.75) is 18.7 Å². The zero-order chi connectivity index (χ0) is 13.7. The lowest BCUT2D eigenvalue weighted by atomic mass is 10.1. The number of aromatic nitrogens is 1. The van der Waals surface area contributed by atoms with Gasteiger partial charge in [0.2, 0.25) is 0 Å². The van der Waals surface area contributed by atoms with Crippen molar-refractivity contribution in [1.29, 1.82) is 0 Å². The Morgan fingerprint density at radius 1 is 1.50 bits per heavy atom. The van der Waals surface area contributed by atoms with Crippen molar-refractivity contribution in [3.63, 3.8) is 0 Å². The molecule has 1 rings (SSSR count). The van der Waals surface area contributed by atoms with Gasteiger partial charge in [0.15, 0.2) is 0 Å². The second-order valence-electron chi connectivity index (χ2n) is 3.36. The van der Waals surface area contributed by atoms with Gasteiger partial charge in [-0.05, 0) is 5.56 Å². The van der Waals surface area contributed by atoms with E-state index >= 15 is 0 Å². The van der Waals surface area contributed by atoms with E-state index in [2.05, 4.69) is 9.72 Å². The Hall–Kier alpha value is -1.43. The van der Waals surface area contributed by atoms with Gasteiger partial charge in [0.05, 0.1) is 31.9 Å². The largest absolute Gasteiger partial charge is 0.494 e. The molecular formula is C11H12ClF2NO3. The van der Waals surface area contributed by atoms with E-state index in [1.165, 1.54) is 20.4 Å². The molecule has 0 radical (unpaired) electrons. The lowest BCUT2D eigenvalue weighted by molar-refractivity contribution is -0.139. The summed E-state index contributed by atoms with van der Waals surface area (Å²) in [5.74, 6) is -0.810. The summed E-state index contributed by atoms with van der Waals surface area (Å²) in [5, 5.41) is 0. The molecule has 0 saturated heterocycles. The van der Waals surface area contributed by atoms with Crippen LogP contribution in [0.1, 0.15) is 23.2 Å². The van der Waals surface area contributed by atoms with Gasteiger partial charge in [0.25, 0.3) is 6.43 Å². The van der Waals surface area contributed by atoms with E-state index in [9.17, 15) is 13.6 Å². The molecule has 7 heteroatoms. The van der Waals surface area contributed by atoms with Gasteiger partial charge in [-0.3, -0.25) is 9.78 Å².